The fraction of sp³-hybridized carbons (Fsp3) is 0.263. The number of nitrogens with two attached hydrogens (primary N) is 1. The van der Waals surface area contributed by atoms with Gasteiger partial charge in [-0.25, -0.2) is 0 Å². The first kappa shape index (κ1) is 21.0. The Balaban J connectivity index is 1.48. The Morgan fingerprint density at radius 2 is 2.00 bits per heavy atom. The third-order valence-corrected chi connectivity index (χ3v) is 5.97. The van der Waals surface area contributed by atoms with Crippen LogP contribution in [0, 0.1) is 0 Å². The van der Waals surface area contributed by atoms with Gasteiger partial charge in [0.2, 0.25) is 0 Å². The second kappa shape index (κ2) is 9.19. The molecule has 0 saturated carbocycles. The lowest BCUT2D eigenvalue weighted by Crippen LogP contribution is -2.32. The normalized spacial score (nSPS) is 12.2. The number of primary amides is 1. The number of benzene rings is 1. The molecule has 29 heavy (non-hydrogen) atoms. The molecule has 3 rings (SSSR count). The number of amides is 3. The Morgan fingerprint density at radius 3 is 2.72 bits per heavy atom. The maximum Gasteiger partial charge on any atom is 0.325 e. The van der Waals surface area contributed by atoms with Gasteiger partial charge in [0.25, 0.3) is 17.7 Å². The number of ether oxygens (including phenoxy) is 1. The van der Waals surface area contributed by atoms with Crippen LogP contribution in [0.15, 0.2) is 28.7 Å². The Labute approximate surface area is 178 Å². The first-order valence-electron chi connectivity index (χ1n) is 8.78. The highest BCUT2D eigenvalue weighted by atomic mass is 79.9. The maximum atomic E-state index is 12.1. The van der Waals surface area contributed by atoms with Gasteiger partial charge in [-0.15, -0.1) is 11.3 Å². The molecular weight excluding hydrogens is 462 g/mol. The molecule has 1 aliphatic rings. The largest absolute Gasteiger partial charge is 0.454 e. The molecule has 0 atom stereocenters. The molecule has 3 amide bonds. The van der Waals surface area contributed by atoms with E-state index < -0.39 is 30.3 Å². The van der Waals surface area contributed by atoms with Crippen LogP contribution in [-0.2, 0) is 27.2 Å². The molecule has 8 nitrogen and oxygen atoms in total. The average Bonchev–Trinajstić information content (AvgIpc) is 3.24. The molecule has 1 aromatic heterocycles. The van der Waals surface area contributed by atoms with E-state index in [1.807, 2.05) is 0 Å². The van der Waals surface area contributed by atoms with Crippen molar-refractivity contribution in [3.8, 4) is 0 Å². The summed E-state index contributed by atoms with van der Waals surface area (Å²) in [4.78, 5) is 48.6. The Kier molecular flexibility index (Phi) is 6.65. The van der Waals surface area contributed by atoms with E-state index in [0.29, 0.717) is 16.1 Å². The first-order valence-corrected chi connectivity index (χ1v) is 10.4. The molecule has 0 fully saturated rings. The molecule has 0 aliphatic heterocycles. The number of esters is 1. The predicted octanol–water partition coefficient (Wildman–Crippen LogP) is 2.01. The Bertz CT molecular complexity index is 988. The van der Waals surface area contributed by atoms with Crippen LogP contribution in [0.4, 0.5) is 5.00 Å². The van der Waals surface area contributed by atoms with Crippen molar-refractivity contribution in [1.82, 2.24) is 5.32 Å². The summed E-state index contributed by atoms with van der Waals surface area (Å²) < 4.78 is 5.61. The van der Waals surface area contributed by atoms with Crippen LogP contribution in [0.25, 0.3) is 0 Å². The van der Waals surface area contributed by atoms with Gasteiger partial charge in [-0.2, -0.15) is 0 Å². The fourth-order valence-electron chi connectivity index (χ4n) is 3.00. The topological polar surface area (TPSA) is 128 Å². The van der Waals surface area contributed by atoms with E-state index in [-0.39, 0.29) is 6.54 Å². The average molecular weight is 480 g/mol. The van der Waals surface area contributed by atoms with Gasteiger partial charge in [-0.05, 0) is 43.0 Å². The van der Waals surface area contributed by atoms with E-state index in [9.17, 15) is 19.2 Å². The number of hydrogen-bond acceptors (Lipinski definition) is 6. The Hall–Kier alpha value is -2.72. The predicted molar refractivity (Wildman–Crippen MR) is 111 cm³/mol. The van der Waals surface area contributed by atoms with Crippen molar-refractivity contribution in [3.05, 3.63) is 50.3 Å². The van der Waals surface area contributed by atoms with Crippen molar-refractivity contribution < 1.29 is 23.9 Å². The van der Waals surface area contributed by atoms with Gasteiger partial charge in [-0.1, -0.05) is 22.0 Å². The standard InChI is InChI=1S/C19H18BrN3O5S/c20-11-4-1-3-10(7-11)18(27)22-8-15(25)28-9-14(24)23-19-16(17(21)26)12-5-2-6-13(12)29-19/h1,3-4,7H,2,5-6,8-9H2,(H2,21,26)(H,22,27)(H,23,24). The summed E-state index contributed by atoms with van der Waals surface area (Å²) in [5.74, 6) is -2.37. The molecule has 1 aliphatic carbocycles. The summed E-state index contributed by atoms with van der Waals surface area (Å²) in [6.07, 6.45) is 2.56. The van der Waals surface area contributed by atoms with E-state index in [4.69, 9.17) is 10.5 Å². The number of carbonyl (C=O) groups is 4. The highest BCUT2D eigenvalue weighted by molar-refractivity contribution is 9.10. The lowest BCUT2D eigenvalue weighted by molar-refractivity contribution is -0.146. The number of aryl methyl sites for hydroxylation is 1. The van der Waals surface area contributed by atoms with Crippen molar-refractivity contribution in [1.29, 1.82) is 0 Å². The summed E-state index contributed by atoms with van der Waals surface area (Å²) in [5.41, 5.74) is 7.06. The van der Waals surface area contributed by atoms with E-state index in [1.165, 1.54) is 11.3 Å². The van der Waals surface area contributed by atoms with Crippen LogP contribution in [0.2, 0.25) is 0 Å². The van der Waals surface area contributed by atoms with E-state index in [2.05, 4.69) is 26.6 Å². The van der Waals surface area contributed by atoms with Crippen molar-refractivity contribution >= 4 is 56.0 Å². The zero-order chi connectivity index (χ0) is 21.0. The smallest absolute Gasteiger partial charge is 0.325 e. The van der Waals surface area contributed by atoms with Gasteiger partial charge < -0.3 is 21.1 Å². The number of nitrogens with one attached hydrogen (secondary N) is 2. The maximum absolute atomic E-state index is 12.1. The number of carbonyl (C=O) groups excluding carboxylic acids is 4. The highest BCUT2D eigenvalue weighted by Gasteiger charge is 2.26. The fourth-order valence-corrected chi connectivity index (χ4v) is 4.71. The van der Waals surface area contributed by atoms with Crippen LogP contribution < -0.4 is 16.4 Å². The SMILES string of the molecule is NC(=O)c1c(NC(=O)COC(=O)CNC(=O)c2cccc(Br)c2)sc2c1CCC2. The van der Waals surface area contributed by atoms with Crippen molar-refractivity contribution in [2.24, 2.45) is 5.73 Å². The van der Waals surface area contributed by atoms with Crippen molar-refractivity contribution in [3.63, 3.8) is 0 Å². The van der Waals surface area contributed by atoms with Crippen molar-refractivity contribution in [2.45, 2.75) is 19.3 Å². The van der Waals surface area contributed by atoms with Crippen LogP contribution in [-0.4, -0.2) is 36.8 Å². The number of anilines is 1. The lowest BCUT2D eigenvalue weighted by Gasteiger charge is -2.08. The number of fused-ring (bicyclic) bond motifs is 1. The van der Waals surface area contributed by atoms with E-state index in [0.717, 1.165) is 34.2 Å². The molecule has 0 spiro atoms. The van der Waals surface area contributed by atoms with Crippen LogP contribution in [0.1, 0.15) is 37.6 Å². The van der Waals surface area contributed by atoms with Crippen LogP contribution >= 0.6 is 27.3 Å². The van der Waals surface area contributed by atoms with Gasteiger partial charge in [0, 0.05) is 14.9 Å². The first-order chi connectivity index (χ1) is 13.8. The van der Waals surface area contributed by atoms with Crippen LogP contribution in [0.3, 0.4) is 0 Å². The number of hydrogen-bond donors (Lipinski definition) is 3. The van der Waals surface area contributed by atoms with Gasteiger partial charge >= 0.3 is 5.97 Å². The highest BCUT2D eigenvalue weighted by Crippen LogP contribution is 2.38. The summed E-state index contributed by atoms with van der Waals surface area (Å²) >= 11 is 4.58. The quantitative estimate of drug-likeness (QED) is 0.523. The minimum Gasteiger partial charge on any atom is -0.454 e. The number of halogens is 1. The third-order valence-electron chi connectivity index (χ3n) is 4.26. The second-order valence-corrected chi connectivity index (χ2v) is 8.35. The lowest BCUT2D eigenvalue weighted by atomic mass is 10.1. The number of rotatable bonds is 7. The monoisotopic (exact) mass is 479 g/mol. The third kappa shape index (κ3) is 5.21. The summed E-state index contributed by atoms with van der Waals surface area (Å²) in [6, 6.07) is 6.69. The summed E-state index contributed by atoms with van der Waals surface area (Å²) in [5, 5.41) is 5.39. The molecule has 0 saturated heterocycles. The molecule has 10 heteroatoms. The van der Waals surface area contributed by atoms with E-state index in [1.54, 1.807) is 24.3 Å². The van der Waals surface area contributed by atoms with Crippen molar-refractivity contribution in [2.75, 3.05) is 18.5 Å². The molecule has 4 N–H and O–H groups in total. The Morgan fingerprint density at radius 1 is 1.21 bits per heavy atom. The van der Waals surface area contributed by atoms with Gasteiger partial charge in [0.05, 0.1) is 5.56 Å². The molecular formula is C19H18BrN3O5S. The zero-order valence-electron chi connectivity index (χ0n) is 15.2. The molecule has 152 valence electrons. The van der Waals surface area contributed by atoms with Gasteiger partial charge in [-0.3, -0.25) is 19.2 Å². The van der Waals surface area contributed by atoms with Gasteiger partial charge in [0.1, 0.15) is 11.5 Å². The van der Waals surface area contributed by atoms with Crippen LogP contribution in [0.5, 0.6) is 0 Å². The minimum absolute atomic E-state index is 0.337. The zero-order valence-corrected chi connectivity index (χ0v) is 17.7. The minimum atomic E-state index is -0.757. The molecule has 1 aromatic carbocycles. The molecule has 0 bridgehead atoms. The molecule has 0 radical (unpaired) electrons. The second-order valence-electron chi connectivity index (χ2n) is 6.33. The number of thiophene rings is 1. The molecule has 0 unspecified atom stereocenters. The molecule has 2 aromatic rings. The molecule has 1 heterocycles. The summed E-state index contributed by atoms with van der Waals surface area (Å²) in [6.45, 7) is -0.912. The van der Waals surface area contributed by atoms with Gasteiger partial charge in [0.15, 0.2) is 6.61 Å². The van der Waals surface area contributed by atoms with E-state index >= 15 is 0 Å². The summed E-state index contributed by atoms with van der Waals surface area (Å²) in [7, 11) is 0.